The summed E-state index contributed by atoms with van der Waals surface area (Å²) in [4.78, 5) is 177. The van der Waals surface area contributed by atoms with E-state index in [0.717, 1.165) is 0 Å². The van der Waals surface area contributed by atoms with E-state index in [-0.39, 0.29) is 18.8 Å². The lowest BCUT2D eigenvalue weighted by Gasteiger charge is -2.30. The van der Waals surface area contributed by atoms with Gasteiger partial charge in [-0.25, -0.2) is 4.79 Å². The predicted octanol–water partition coefficient (Wildman–Crippen LogP) is -7.72. The fourth-order valence-corrected chi connectivity index (χ4v) is 6.69. The van der Waals surface area contributed by atoms with Crippen molar-refractivity contribution in [3.05, 3.63) is 0 Å². The minimum absolute atomic E-state index is 0.0116. The molecule has 0 rings (SSSR count). The lowest BCUT2D eigenvalue weighted by atomic mass is 9.96. The molecule has 77 heavy (non-hydrogen) atoms. The SMILES string of the molecule is CC[C@H](C)[C@H](NC(=O)[C@@H](NC(=O)[C@@H](N)CC(C)C)[C@@H](C)O)C(=O)N[C@@H](CCC(=O)O)C(=O)N[C@@H](CO)C(=O)N[C@@H](CO)C(=O)N[C@@H](CO)C(=O)N[C@@H](CC(=O)O)C(=O)N[C@@H](CCC(=O)O)C(=O)N[C@@H](CCC(=O)O)C(=O)O. The molecule has 12 atom stereocenters. The Labute approximate surface area is 439 Å². The molecule has 0 aliphatic heterocycles. The van der Waals surface area contributed by atoms with Crippen LogP contribution in [0.15, 0.2) is 0 Å². The van der Waals surface area contributed by atoms with E-state index in [4.69, 9.17) is 15.9 Å². The molecule has 0 aromatic carbocycles. The first-order valence-electron chi connectivity index (χ1n) is 23.9. The number of carboxylic acid groups (broad SMARTS) is 5. The fourth-order valence-electron chi connectivity index (χ4n) is 6.69. The van der Waals surface area contributed by atoms with Gasteiger partial charge in [0.2, 0.25) is 53.2 Å². The summed E-state index contributed by atoms with van der Waals surface area (Å²) in [6.45, 7) is 4.04. The highest BCUT2D eigenvalue weighted by molar-refractivity contribution is 5.99. The van der Waals surface area contributed by atoms with Crippen molar-refractivity contribution in [1.29, 1.82) is 0 Å². The Morgan fingerprint density at radius 2 is 0.714 bits per heavy atom. The van der Waals surface area contributed by atoms with Gasteiger partial charge < -0.3 is 99.5 Å². The second kappa shape index (κ2) is 34.9. The molecule has 0 unspecified atom stereocenters. The summed E-state index contributed by atoms with van der Waals surface area (Å²) in [6, 6.07) is -18.2. The third kappa shape index (κ3) is 26.1. The summed E-state index contributed by atoms with van der Waals surface area (Å²) in [5, 5.41) is 105. The average molecular weight is 1110 g/mol. The van der Waals surface area contributed by atoms with Crippen LogP contribution in [0.4, 0.5) is 0 Å². The first-order chi connectivity index (χ1) is 35.8. The quantitative estimate of drug-likeness (QED) is 0.0273. The molecule has 0 fully saturated rings. The van der Waals surface area contributed by atoms with Gasteiger partial charge in [-0.2, -0.15) is 0 Å². The molecule has 0 spiro atoms. The summed E-state index contributed by atoms with van der Waals surface area (Å²) in [5.74, 6) is -20.1. The van der Waals surface area contributed by atoms with E-state index in [1.807, 2.05) is 31.9 Å². The van der Waals surface area contributed by atoms with Gasteiger partial charge >= 0.3 is 29.8 Å². The van der Waals surface area contributed by atoms with Crippen LogP contribution in [-0.2, 0) is 67.1 Å². The lowest BCUT2D eigenvalue weighted by molar-refractivity contribution is -0.145. The number of nitrogens with two attached hydrogens (primary N) is 1. The van der Waals surface area contributed by atoms with Gasteiger partial charge in [-0.3, -0.25) is 62.3 Å². The van der Waals surface area contributed by atoms with Gasteiger partial charge in [0, 0.05) is 19.3 Å². The number of aliphatic hydroxyl groups is 4. The van der Waals surface area contributed by atoms with Gasteiger partial charge in [0.25, 0.3) is 0 Å². The van der Waals surface area contributed by atoms with Crippen molar-refractivity contribution in [3.8, 4) is 0 Å². The van der Waals surface area contributed by atoms with E-state index >= 15 is 0 Å². The number of hydrogen-bond donors (Lipinski definition) is 19. The van der Waals surface area contributed by atoms with E-state index in [1.165, 1.54) is 13.8 Å². The Morgan fingerprint density at radius 1 is 0.403 bits per heavy atom. The molecule has 33 nitrogen and oxygen atoms in total. The zero-order chi connectivity index (χ0) is 59.4. The van der Waals surface area contributed by atoms with Gasteiger partial charge in [-0.1, -0.05) is 34.1 Å². The number of aliphatic hydroxyl groups excluding tert-OH is 4. The van der Waals surface area contributed by atoms with Gasteiger partial charge in [-0.15, -0.1) is 0 Å². The van der Waals surface area contributed by atoms with Crippen molar-refractivity contribution in [1.82, 2.24) is 47.9 Å². The second-order valence-electron chi connectivity index (χ2n) is 18.0. The highest BCUT2D eigenvalue weighted by Crippen LogP contribution is 2.12. The highest BCUT2D eigenvalue weighted by atomic mass is 16.4. The molecule has 436 valence electrons. The number of rotatable bonds is 38. The third-order valence-electron chi connectivity index (χ3n) is 11.2. The largest absolute Gasteiger partial charge is 0.481 e. The third-order valence-corrected chi connectivity index (χ3v) is 11.2. The topological polar surface area (TPSA) is 555 Å². The minimum atomic E-state index is -2.18. The summed E-state index contributed by atoms with van der Waals surface area (Å²) >= 11 is 0. The monoisotopic (exact) mass is 1110 g/mol. The van der Waals surface area contributed by atoms with Gasteiger partial charge in [0.1, 0.15) is 54.4 Å². The van der Waals surface area contributed by atoms with Crippen LogP contribution in [-0.4, -0.2) is 215 Å². The molecular weight excluding hydrogens is 1040 g/mol. The number of carbonyl (C=O) groups excluding carboxylic acids is 9. The maximum absolute atomic E-state index is 13.7. The molecule has 0 saturated heterocycles. The smallest absolute Gasteiger partial charge is 0.326 e. The fraction of sp³-hybridized carbons (Fsp3) is 0.682. The molecule has 0 heterocycles. The number of amides is 9. The number of nitrogens with one attached hydrogen (secondary N) is 9. The van der Waals surface area contributed by atoms with Crippen LogP contribution in [0.3, 0.4) is 0 Å². The summed E-state index contributed by atoms with van der Waals surface area (Å²) in [7, 11) is 0. The van der Waals surface area contributed by atoms with Crippen molar-refractivity contribution in [2.75, 3.05) is 19.8 Å². The molecule has 0 saturated carbocycles. The van der Waals surface area contributed by atoms with Crippen LogP contribution in [0.5, 0.6) is 0 Å². The Bertz CT molecular complexity index is 2110. The van der Waals surface area contributed by atoms with Crippen molar-refractivity contribution in [2.45, 2.75) is 159 Å². The summed E-state index contributed by atoms with van der Waals surface area (Å²) < 4.78 is 0. The Balaban J connectivity index is 6.34. The van der Waals surface area contributed by atoms with E-state index in [9.17, 15) is 103 Å². The van der Waals surface area contributed by atoms with Crippen LogP contribution < -0.4 is 53.6 Å². The lowest BCUT2D eigenvalue weighted by Crippen LogP contribution is -2.62. The minimum Gasteiger partial charge on any atom is -0.481 e. The zero-order valence-corrected chi connectivity index (χ0v) is 42.8. The van der Waals surface area contributed by atoms with Crippen LogP contribution in [0.2, 0.25) is 0 Å². The molecule has 0 bridgehead atoms. The van der Waals surface area contributed by atoms with Crippen molar-refractivity contribution < 1.29 is 113 Å². The predicted molar refractivity (Wildman–Crippen MR) is 258 cm³/mol. The molecule has 0 aromatic heterocycles. The molecule has 9 amide bonds. The standard InChI is InChI=1S/C44H72N10O23/c1-6-19(4)33(53-43(75)34(20(5)58)54-35(67)21(45)13-18(2)3)42(74)47-23(8-11-30(61)62)37(69)50-27(16-56)40(72)52-28(17-57)41(73)51-26(15-55)39(71)49-25(14-32(65)66)38(70)46-22(7-10-29(59)60)36(68)48-24(44(76)77)9-12-31(63)64/h18-28,33-34,55-58H,6-17,45H2,1-5H3,(H,46,70)(H,47,74)(H,48,68)(H,49,71)(H,50,69)(H,51,73)(H,52,72)(H,53,75)(H,54,67)(H,59,60)(H,61,62)(H,63,64)(H,65,66)(H,76,77)/t19-,20+,21-,22-,23-,24-,25-,26-,27-,28-,33-,34-/m0/s1. The highest BCUT2D eigenvalue weighted by Gasteiger charge is 2.37. The molecule has 20 N–H and O–H groups in total. The first kappa shape index (κ1) is 69.4. The first-order valence-corrected chi connectivity index (χ1v) is 23.9. The number of aliphatic carboxylic acids is 5. The van der Waals surface area contributed by atoms with Gasteiger partial charge in [0.05, 0.1) is 38.4 Å². The Kier molecular flexibility index (Phi) is 31.4. The number of carbonyl (C=O) groups is 14. The molecule has 0 aliphatic rings. The summed E-state index contributed by atoms with van der Waals surface area (Å²) in [6.07, 6.45) is -6.75. The molecule has 33 heteroatoms. The normalized spacial score (nSPS) is 15.7. The van der Waals surface area contributed by atoms with Gasteiger partial charge in [-0.05, 0) is 44.4 Å². The van der Waals surface area contributed by atoms with Crippen LogP contribution in [0, 0.1) is 11.8 Å². The van der Waals surface area contributed by atoms with E-state index < -0.39 is 220 Å². The molecule has 0 aliphatic carbocycles. The van der Waals surface area contributed by atoms with Crippen LogP contribution in [0.25, 0.3) is 0 Å². The average Bonchev–Trinajstić information content (AvgIpc) is 3.34. The summed E-state index contributed by atoms with van der Waals surface area (Å²) in [5.41, 5.74) is 5.92. The maximum atomic E-state index is 13.7. The second-order valence-corrected chi connectivity index (χ2v) is 18.0. The Morgan fingerprint density at radius 3 is 1.05 bits per heavy atom. The van der Waals surface area contributed by atoms with E-state index in [1.54, 1.807) is 20.8 Å². The molecular formula is C44H72N10O23. The van der Waals surface area contributed by atoms with Crippen molar-refractivity contribution in [2.24, 2.45) is 17.6 Å². The van der Waals surface area contributed by atoms with Gasteiger partial charge in [0.15, 0.2) is 0 Å². The maximum Gasteiger partial charge on any atom is 0.326 e. The number of hydrogen-bond acceptors (Lipinski definition) is 19. The van der Waals surface area contributed by atoms with Crippen molar-refractivity contribution >= 4 is 83.0 Å². The van der Waals surface area contributed by atoms with Crippen LogP contribution >= 0.6 is 0 Å². The Hall–Kier alpha value is -7.62. The molecule has 0 radical (unpaired) electrons. The number of carboxylic acids is 5. The van der Waals surface area contributed by atoms with Crippen LogP contribution in [0.1, 0.15) is 92.4 Å². The molecule has 0 aromatic rings. The van der Waals surface area contributed by atoms with Crippen molar-refractivity contribution in [3.63, 3.8) is 0 Å². The zero-order valence-electron chi connectivity index (χ0n) is 42.8. The van der Waals surface area contributed by atoms with E-state index in [2.05, 4.69) is 16.0 Å². The van der Waals surface area contributed by atoms with E-state index in [0.29, 0.717) is 0 Å².